The molecule has 1 unspecified atom stereocenters. The molecule has 0 saturated carbocycles. The number of thiazole rings is 1. The topological polar surface area (TPSA) is 77.2 Å². The number of rotatable bonds is 6. The van der Waals surface area contributed by atoms with Crippen LogP contribution in [0.1, 0.15) is 41.7 Å². The number of amides is 1. The molecule has 1 amide bonds. The molecule has 1 aromatic carbocycles. The molecule has 1 heterocycles. The van der Waals surface area contributed by atoms with Crippen molar-refractivity contribution < 1.29 is 9.53 Å². The third-order valence-corrected chi connectivity index (χ3v) is 3.93. The zero-order chi connectivity index (χ0) is 15.2. The van der Waals surface area contributed by atoms with Crippen LogP contribution in [-0.4, -0.2) is 17.5 Å². The van der Waals surface area contributed by atoms with Gasteiger partial charge in [-0.15, -0.1) is 11.3 Å². The standard InChI is InChI=1S/C15H19N3O2S/c1-3-12(15-17-8-9-21-15)18-14(19)10-6-5-7-11(16)13(10)20-4-2/h5-9,12H,3-4,16H2,1-2H3,(H,18,19). The lowest BCUT2D eigenvalue weighted by Crippen LogP contribution is -2.28. The third-order valence-electron chi connectivity index (χ3n) is 3.04. The predicted octanol–water partition coefficient (Wildman–Crippen LogP) is 3.01. The Morgan fingerprint density at radius 3 is 2.90 bits per heavy atom. The number of ether oxygens (including phenoxy) is 1. The van der Waals surface area contributed by atoms with Crippen molar-refractivity contribution in [1.82, 2.24) is 10.3 Å². The van der Waals surface area contributed by atoms with Gasteiger partial charge in [-0.2, -0.15) is 0 Å². The van der Waals surface area contributed by atoms with Gasteiger partial charge in [0.25, 0.3) is 5.91 Å². The molecule has 112 valence electrons. The van der Waals surface area contributed by atoms with Crippen LogP contribution in [0.3, 0.4) is 0 Å². The average Bonchev–Trinajstić information content (AvgIpc) is 3.01. The second-order valence-corrected chi connectivity index (χ2v) is 5.39. The number of hydrogen-bond acceptors (Lipinski definition) is 5. The van der Waals surface area contributed by atoms with Crippen LogP contribution in [0.15, 0.2) is 29.8 Å². The van der Waals surface area contributed by atoms with E-state index in [9.17, 15) is 4.79 Å². The quantitative estimate of drug-likeness (QED) is 0.804. The Bertz CT molecular complexity index is 599. The van der Waals surface area contributed by atoms with Gasteiger partial charge in [0.1, 0.15) is 5.01 Å². The minimum Gasteiger partial charge on any atom is -0.491 e. The van der Waals surface area contributed by atoms with Crippen LogP contribution in [0.4, 0.5) is 5.69 Å². The van der Waals surface area contributed by atoms with Gasteiger partial charge in [-0.25, -0.2) is 4.98 Å². The number of carbonyl (C=O) groups excluding carboxylic acids is 1. The van der Waals surface area contributed by atoms with Crippen LogP contribution in [-0.2, 0) is 0 Å². The summed E-state index contributed by atoms with van der Waals surface area (Å²) >= 11 is 1.53. The Morgan fingerprint density at radius 2 is 2.29 bits per heavy atom. The largest absolute Gasteiger partial charge is 0.491 e. The van der Waals surface area contributed by atoms with E-state index in [1.807, 2.05) is 19.2 Å². The van der Waals surface area contributed by atoms with Gasteiger partial charge >= 0.3 is 0 Å². The van der Waals surface area contributed by atoms with Gasteiger partial charge in [0.2, 0.25) is 0 Å². The monoisotopic (exact) mass is 305 g/mol. The summed E-state index contributed by atoms with van der Waals surface area (Å²) in [6, 6.07) is 5.08. The van der Waals surface area contributed by atoms with Gasteiger partial charge < -0.3 is 15.8 Å². The minimum atomic E-state index is -0.201. The molecule has 0 spiro atoms. The van der Waals surface area contributed by atoms with Crippen molar-refractivity contribution in [3.05, 3.63) is 40.3 Å². The number of nitrogens with one attached hydrogen (secondary N) is 1. The predicted molar refractivity (Wildman–Crippen MR) is 84.6 cm³/mol. The first-order valence-electron chi connectivity index (χ1n) is 6.88. The van der Waals surface area contributed by atoms with Gasteiger partial charge in [0.05, 0.1) is 23.9 Å². The van der Waals surface area contributed by atoms with E-state index in [0.29, 0.717) is 23.6 Å². The van der Waals surface area contributed by atoms with E-state index in [0.717, 1.165) is 11.4 Å². The van der Waals surface area contributed by atoms with E-state index in [-0.39, 0.29) is 11.9 Å². The van der Waals surface area contributed by atoms with Crippen molar-refractivity contribution in [2.24, 2.45) is 0 Å². The molecule has 1 aromatic heterocycles. The third kappa shape index (κ3) is 3.52. The van der Waals surface area contributed by atoms with Gasteiger partial charge in [0, 0.05) is 11.6 Å². The summed E-state index contributed by atoms with van der Waals surface area (Å²) in [6.45, 7) is 4.33. The van der Waals surface area contributed by atoms with Crippen LogP contribution in [0.25, 0.3) is 0 Å². The highest BCUT2D eigenvalue weighted by Crippen LogP contribution is 2.27. The van der Waals surface area contributed by atoms with Crippen molar-refractivity contribution in [1.29, 1.82) is 0 Å². The normalized spacial score (nSPS) is 11.9. The fraction of sp³-hybridized carbons (Fsp3) is 0.333. The molecule has 21 heavy (non-hydrogen) atoms. The Labute approximate surface area is 128 Å². The molecule has 0 saturated heterocycles. The number of benzene rings is 1. The summed E-state index contributed by atoms with van der Waals surface area (Å²) in [5.41, 5.74) is 6.80. The first-order chi connectivity index (χ1) is 10.2. The second-order valence-electron chi connectivity index (χ2n) is 4.46. The summed E-state index contributed by atoms with van der Waals surface area (Å²) in [5, 5.41) is 5.78. The molecular formula is C15H19N3O2S. The van der Waals surface area contributed by atoms with E-state index in [1.165, 1.54) is 11.3 Å². The number of anilines is 1. The van der Waals surface area contributed by atoms with Gasteiger partial charge in [-0.1, -0.05) is 13.0 Å². The zero-order valence-electron chi connectivity index (χ0n) is 12.1. The molecule has 2 rings (SSSR count). The highest BCUT2D eigenvalue weighted by molar-refractivity contribution is 7.09. The van der Waals surface area contributed by atoms with Crippen LogP contribution in [0, 0.1) is 0 Å². The number of carbonyl (C=O) groups is 1. The van der Waals surface area contributed by atoms with Crippen molar-refractivity contribution in [3.8, 4) is 5.75 Å². The molecule has 1 atom stereocenters. The Morgan fingerprint density at radius 1 is 1.48 bits per heavy atom. The number of nitrogens with zero attached hydrogens (tertiary/aromatic N) is 1. The summed E-state index contributed by atoms with van der Waals surface area (Å²) < 4.78 is 5.50. The SMILES string of the molecule is CCOc1c(N)cccc1C(=O)NC(CC)c1nccs1. The summed E-state index contributed by atoms with van der Waals surface area (Å²) in [6.07, 6.45) is 2.51. The smallest absolute Gasteiger partial charge is 0.255 e. The second kappa shape index (κ2) is 7.08. The Hall–Kier alpha value is -2.08. The number of nitrogen functional groups attached to an aromatic ring is 1. The van der Waals surface area contributed by atoms with Gasteiger partial charge in [-0.3, -0.25) is 4.79 Å². The fourth-order valence-electron chi connectivity index (χ4n) is 2.02. The average molecular weight is 305 g/mol. The van der Waals surface area contributed by atoms with E-state index < -0.39 is 0 Å². The summed E-state index contributed by atoms with van der Waals surface area (Å²) in [5.74, 6) is 0.235. The lowest BCUT2D eigenvalue weighted by atomic mass is 10.1. The molecule has 0 fully saturated rings. The van der Waals surface area contributed by atoms with Crippen LogP contribution < -0.4 is 15.8 Å². The first-order valence-corrected chi connectivity index (χ1v) is 7.76. The first kappa shape index (κ1) is 15.3. The van der Waals surface area contributed by atoms with Crippen molar-refractivity contribution in [3.63, 3.8) is 0 Å². The molecule has 0 radical (unpaired) electrons. The number of aromatic nitrogens is 1. The molecule has 3 N–H and O–H groups in total. The maximum atomic E-state index is 12.5. The van der Waals surface area contributed by atoms with Gasteiger partial charge in [0.15, 0.2) is 5.75 Å². The molecule has 6 heteroatoms. The fourth-order valence-corrected chi connectivity index (χ4v) is 2.79. The van der Waals surface area contributed by atoms with Crippen LogP contribution in [0.5, 0.6) is 5.75 Å². The van der Waals surface area contributed by atoms with Crippen molar-refractivity contribution in [2.75, 3.05) is 12.3 Å². The molecule has 0 aliphatic heterocycles. The molecule has 0 aliphatic carbocycles. The maximum absolute atomic E-state index is 12.5. The molecular weight excluding hydrogens is 286 g/mol. The van der Waals surface area contributed by atoms with E-state index in [1.54, 1.807) is 24.4 Å². The van der Waals surface area contributed by atoms with Crippen LogP contribution in [0.2, 0.25) is 0 Å². The van der Waals surface area contributed by atoms with E-state index >= 15 is 0 Å². The van der Waals surface area contributed by atoms with Crippen molar-refractivity contribution >= 4 is 22.9 Å². The lowest BCUT2D eigenvalue weighted by molar-refractivity contribution is 0.0932. The summed E-state index contributed by atoms with van der Waals surface area (Å²) in [7, 11) is 0. The highest BCUT2D eigenvalue weighted by atomic mass is 32.1. The van der Waals surface area contributed by atoms with E-state index in [2.05, 4.69) is 10.3 Å². The molecule has 0 aliphatic rings. The lowest BCUT2D eigenvalue weighted by Gasteiger charge is -2.17. The van der Waals surface area contributed by atoms with Crippen molar-refractivity contribution in [2.45, 2.75) is 26.3 Å². The molecule has 2 aromatic rings. The number of para-hydroxylation sites is 1. The Balaban J connectivity index is 2.22. The van der Waals surface area contributed by atoms with Gasteiger partial charge in [-0.05, 0) is 25.5 Å². The minimum absolute atomic E-state index is 0.103. The number of hydrogen-bond donors (Lipinski definition) is 2. The molecule has 0 bridgehead atoms. The summed E-state index contributed by atoms with van der Waals surface area (Å²) in [4.78, 5) is 16.7. The highest BCUT2D eigenvalue weighted by Gasteiger charge is 2.20. The van der Waals surface area contributed by atoms with Crippen LogP contribution >= 0.6 is 11.3 Å². The Kier molecular flexibility index (Phi) is 5.16. The number of nitrogens with two attached hydrogens (primary N) is 1. The van der Waals surface area contributed by atoms with E-state index in [4.69, 9.17) is 10.5 Å². The molecule has 5 nitrogen and oxygen atoms in total. The zero-order valence-corrected chi connectivity index (χ0v) is 12.9. The maximum Gasteiger partial charge on any atom is 0.255 e.